The van der Waals surface area contributed by atoms with Crippen LogP contribution in [0.25, 0.3) is 16.7 Å². The van der Waals surface area contributed by atoms with Gasteiger partial charge in [0.25, 0.3) is 0 Å². The summed E-state index contributed by atoms with van der Waals surface area (Å²) in [6, 6.07) is 11.8. The maximum atomic E-state index is 9.55. The molecule has 3 aromatic rings. The molecule has 0 atom stereocenters. The van der Waals surface area contributed by atoms with Crippen molar-refractivity contribution in [1.29, 1.82) is 0 Å². The molecule has 100 valence electrons. The summed E-state index contributed by atoms with van der Waals surface area (Å²) in [5.74, 6) is 1.40. The quantitative estimate of drug-likeness (QED) is 0.792. The van der Waals surface area contributed by atoms with Gasteiger partial charge in [-0.3, -0.25) is 0 Å². The molecular weight excluding hydrogens is 250 g/mol. The van der Waals surface area contributed by atoms with Crippen molar-refractivity contribution in [2.45, 2.75) is 25.4 Å². The topological polar surface area (TPSA) is 50.9 Å². The molecule has 1 N–H and O–H groups in total. The SMILES string of the molecule is OCc1cc(-n2ccc(C3CC3)n2)nc2ccccc12. The molecule has 2 aromatic heterocycles. The van der Waals surface area contributed by atoms with Gasteiger partial charge in [-0.1, -0.05) is 18.2 Å². The number of pyridine rings is 1. The Balaban J connectivity index is 1.85. The zero-order chi connectivity index (χ0) is 13.5. The summed E-state index contributed by atoms with van der Waals surface area (Å²) in [5, 5.41) is 15.1. The second kappa shape index (κ2) is 4.42. The predicted molar refractivity (Wildman–Crippen MR) is 76.8 cm³/mol. The van der Waals surface area contributed by atoms with Crippen LogP contribution < -0.4 is 0 Å². The molecule has 0 saturated heterocycles. The summed E-state index contributed by atoms with van der Waals surface area (Å²) in [6.45, 7) is 0.00673. The minimum Gasteiger partial charge on any atom is -0.392 e. The highest BCUT2D eigenvalue weighted by atomic mass is 16.3. The van der Waals surface area contributed by atoms with Crippen LogP contribution in [0.5, 0.6) is 0 Å². The highest BCUT2D eigenvalue weighted by Crippen LogP contribution is 2.39. The van der Waals surface area contributed by atoms with E-state index in [1.165, 1.54) is 12.8 Å². The molecule has 0 unspecified atom stereocenters. The van der Waals surface area contributed by atoms with E-state index in [-0.39, 0.29) is 6.61 Å². The molecule has 4 heteroatoms. The smallest absolute Gasteiger partial charge is 0.154 e. The first kappa shape index (κ1) is 11.6. The molecule has 1 aromatic carbocycles. The summed E-state index contributed by atoms with van der Waals surface area (Å²) in [7, 11) is 0. The van der Waals surface area contributed by atoms with E-state index in [0.717, 1.165) is 28.0 Å². The molecule has 4 nitrogen and oxygen atoms in total. The zero-order valence-electron chi connectivity index (χ0n) is 11.0. The summed E-state index contributed by atoms with van der Waals surface area (Å²) < 4.78 is 1.80. The van der Waals surface area contributed by atoms with Crippen molar-refractivity contribution in [1.82, 2.24) is 14.8 Å². The van der Waals surface area contributed by atoms with Crippen LogP contribution in [0.3, 0.4) is 0 Å². The van der Waals surface area contributed by atoms with Gasteiger partial charge in [0.2, 0.25) is 0 Å². The molecule has 0 amide bonds. The van der Waals surface area contributed by atoms with Gasteiger partial charge in [-0.25, -0.2) is 9.67 Å². The maximum absolute atomic E-state index is 9.55. The number of rotatable bonds is 3. The fourth-order valence-electron chi connectivity index (χ4n) is 2.54. The zero-order valence-corrected chi connectivity index (χ0v) is 11.0. The van der Waals surface area contributed by atoms with Crippen molar-refractivity contribution in [3.05, 3.63) is 53.9 Å². The molecule has 2 heterocycles. The van der Waals surface area contributed by atoms with Gasteiger partial charge < -0.3 is 5.11 Å². The third kappa shape index (κ3) is 1.89. The Morgan fingerprint density at radius 2 is 2.05 bits per heavy atom. The lowest BCUT2D eigenvalue weighted by atomic mass is 10.1. The summed E-state index contributed by atoms with van der Waals surface area (Å²) in [4.78, 5) is 4.64. The standard InChI is InChI=1S/C16H15N3O/c20-10-12-9-16(17-15-4-2-1-3-13(12)15)19-8-7-14(18-19)11-5-6-11/h1-4,7-9,11,20H,5-6,10H2. The van der Waals surface area contributed by atoms with E-state index >= 15 is 0 Å². The summed E-state index contributed by atoms with van der Waals surface area (Å²) in [6.07, 6.45) is 4.43. The van der Waals surface area contributed by atoms with Crippen LogP contribution in [-0.4, -0.2) is 19.9 Å². The minimum atomic E-state index is 0.00673. The first-order chi connectivity index (χ1) is 9.85. The number of aliphatic hydroxyl groups excluding tert-OH is 1. The third-order valence-electron chi connectivity index (χ3n) is 3.80. The van der Waals surface area contributed by atoms with E-state index in [2.05, 4.69) is 16.1 Å². The van der Waals surface area contributed by atoms with Crippen LogP contribution in [0.4, 0.5) is 0 Å². The Morgan fingerprint density at radius 1 is 1.20 bits per heavy atom. The lowest BCUT2D eigenvalue weighted by Gasteiger charge is -2.07. The molecular formula is C16H15N3O. The molecule has 1 fully saturated rings. The van der Waals surface area contributed by atoms with Crippen LogP contribution >= 0.6 is 0 Å². The third-order valence-corrected chi connectivity index (χ3v) is 3.80. The number of nitrogens with zero attached hydrogens (tertiary/aromatic N) is 3. The van der Waals surface area contributed by atoms with E-state index in [1.807, 2.05) is 36.5 Å². The van der Waals surface area contributed by atoms with Crippen molar-refractivity contribution in [3.8, 4) is 5.82 Å². The van der Waals surface area contributed by atoms with Crippen LogP contribution in [0.15, 0.2) is 42.6 Å². The van der Waals surface area contributed by atoms with Crippen LogP contribution in [-0.2, 0) is 6.61 Å². The molecule has 0 bridgehead atoms. The fraction of sp³-hybridized carbons (Fsp3) is 0.250. The highest BCUT2D eigenvalue weighted by Gasteiger charge is 2.26. The monoisotopic (exact) mass is 265 g/mol. The Labute approximate surface area is 116 Å². The van der Waals surface area contributed by atoms with E-state index in [1.54, 1.807) is 4.68 Å². The van der Waals surface area contributed by atoms with Gasteiger partial charge in [0, 0.05) is 17.5 Å². The van der Waals surface area contributed by atoms with Crippen molar-refractivity contribution >= 4 is 10.9 Å². The van der Waals surface area contributed by atoms with Gasteiger partial charge in [-0.05, 0) is 36.6 Å². The number of aromatic nitrogens is 3. The average molecular weight is 265 g/mol. The molecule has 4 rings (SSSR count). The predicted octanol–water partition coefficient (Wildman–Crippen LogP) is 2.79. The minimum absolute atomic E-state index is 0.00673. The Morgan fingerprint density at radius 3 is 2.85 bits per heavy atom. The van der Waals surface area contributed by atoms with Crippen molar-refractivity contribution in [2.24, 2.45) is 0 Å². The fourth-order valence-corrected chi connectivity index (χ4v) is 2.54. The Hall–Kier alpha value is -2.20. The molecule has 1 aliphatic carbocycles. The average Bonchev–Trinajstić information content (AvgIpc) is 3.23. The number of benzene rings is 1. The van der Waals surface area contributed by atoms with E-state index < -0.39 is 0 Å². The molecule has 1 aliphatic rings. The summed E-state index contributed by atoms with van der Waals surface area (Å²) in [5.41, 5.74) is 2.91. The van der Waals surface area contributed by atoms with Crippen LogP contribution in [0, 0.1) is 0 Å². The van der Waals surface area contributed by atoms with Crippen molar-refractivity contribution < 1.29 is 5.11 Å². The second-order valence-corrected chi connectivity index (χ2v) is 5.27. The number of aliphatic hydroxyl groups is 1. The first-order valence-electron chi connectivity index (χ1n) is 6.90. The highest BCUT2D eigenvalue weighted by molar-refractivity contribution is 5.83. The molecule has 20 heavy (non-hydrogen) atoms. The normalized spacial score (nSPS) is 14.8. The Bertz CT molecular complexity index is 774. The molecule has 0 radical (unpaired) electrons. The van der Waals surface area contributed by atoms with Crippen molar-refractivity contribution in [3.63, 3.8) is 0 Å². The van der Waals surface area contributed by atoms with E-state index in [0.29, 0.717) is 5.92 Å². The number of hydrogen-bond acceptors (Lipinski definition) is 3. The van der Waals surface area contributed by atoms with E-state index in [9.17, 15) is 5.11 Å². The number of fused-ring (bicyclic) bond motifs is 1. The van der Waals surface area contributed by atoms with Gasteiger partial charge in [0.1, 0.15) is 0 Å². The van der Waals surface area contributed by atoms with E-state index in [4.69, 9.17) is 0 Å². The second-order valence-electron chi connectivity index (χ2n) is 5.27. The van der Waals surface area contributed by atoms with Gasteiger partial charge in [0.15, 0.2) is 5.82 Å². The largest absolute Gasteiger partial charge is 0.392 e. The van der Waals surface area contributed by atoms with Crippen LogP contribution in [0.1, 0.15) is 30.0 Å². The molecule has 0 aliphatic heterocycles. The Kier molecular flexibility index (Phi) is 2.57. The first-order valence-corrected chi connectivity index (χ1v) is 6.90. The maximum Gasteiger partial charge on any atom is 0.154 e. The van der Waals surface area contributed by atoms with Gasteiger partial charge in [-0.2, -0.15) is 5.10 Å². The summed E-state index contributed by atoms with van der Waals surface area (Å²) >= 11 is 0. The lowest BCUT2D eigenvalue weighted by molar-refractivity contribution is 0.283. The molecule has 1 saturated carbocycles. The van der Waals surface area contributed by atoms with Gasteiger partial charge in [-0.15, -0.1) is 0 Å². The number of hydrogen-bond donors (Lipinski definition) is 1. The van der Waals surface area contributed by atoms with Crippen molar-refractivity contribution in [2.75, 3.05) is 0 Å². The van der Waals surface area contributed by atoms with Gasteiger partial charge in [0.05, 0.1) is 17.8 Å². The lowest BCUT2D eigenvalue weighted by Crippen LogP contribution is -2.01. The number of para-hydroxylation sites is 1. The van der Waals surface area contributed by atoms with Gasteiger partial charge >= 0.3 is 0 Å². The van der Waals surface area contributed by atoms with Crippen LogP contribution in [0.2, 0.25) is 0 Å². The molecule has 0 spiro atoms.